The highest BCUT2D eigenvalue weighted by Gasteiger charge is 2.19. The molecule has 1 aromatic rings. The summed E-state index contributed by atoms with van der Waals surface area (Å²) in [6.07, 6.45) is 2.26. The zero-order valence-electron chi connectivity index (χ0n) is 13.0. The molecule has 112 valence electrons. The maximum Gasteiger partial charge on any atom is 0.138 e. The van der Waals surface area contributed by atoms with Crippen molar-refractivity contribution in [3.8, 4) is 0 Å². The van der Waals surface area contributed by atoms with Gasteiger partial charge in [0.15, 0.2) is 0 Å². The second kappa shape index (κ2) is 6.39. The van der Waals surface area contributed by atoms with E-state index in [2.05, 4.69) is 41.4 Å². The Hall–Kier alpha value is -1.36. The summed E-state index contributed by atoms with van der Waals surface area (Å²) in [5.74, 6) is 3.30. The predicted molar refractivity (Wildman–Crippen MR) is 82.3 cm³/mol. The SMILES string of the molecule is CNc1cc(NCC2CCOCC2)nc(C(C)(C)C)n1. The minimum Gasteiger partial charge on any atom is -0.381 e. The van der Waals surface area contributed by atoms with Crippen molar-refractivity contribution in [2.75, 3.05) is 37.4 Å². The molecule has 5 nitrogen and oxygen atoms in total. The van der Waals surface area contributed by atoms with Crippen LogP contribution in [0, 0.1) is 5.92 Å². The summed E-state index contributed by atoms with van der Waals surface area (Å²) in [4.78, 5) is 9.18. The van der Waals surface area contributed by atoms with Crippen molar-refractivity contribution in [1.29, 1.82) is 0 Å². The fraction of sp³-hybridized carbons (Fsp3) is 0.733. The van der Waals surface area contributed by atoms with Gasteiger partial charge in [-0.2, -0.15) is 0 Å². The van der Waals surface area contributed by atoms with E-state index in [0.29, 0.717) is 5.92 Å². The van der Waals surface area contributed by atoms with Crippen molar-refractivity contribution < 1.29 is 4.74 Å². The Kier molecular flexibility index (Phi) is 4.81. The smallest absolute Gasteiger partial charge is 0.138 e. The highest BCUT2D eigenvalue weighted by molar-refractivity contribution is 5.47. The molecule has 0 saturated carbocycles. The van der Waals surface area contributed by atoms with Gasteiger partial charge < -0.3 is 15.4 Å². The van der Waals surface area contributed by atoms with Crippen LogP contribution in [0.25, 0.3) is 0 Å². The lowest BCUT2D eigenvalue weighted by molar-refractivity contribution is 0.0699. The van der Waals surface area contributed by atoms with Crippen molar-refractivity contribution in [2.24, 2.45) is 5.92 Å². The van der Waals surface area contributed by atoms with Crippen LogP contribution in [0.15, 0.2) is 6.07 Å². The predicted octanol–water partition coefficient (Wildman–Crippen LogP) is 2.65. The van der Waals surface area contributed by atoms with Crippen LogP contribution in [-0.4, -0.2) is 36.8 Å². The topological polar surface area (TPSA) is 59.1 Å². The zero-order chi connectivity index (χ0) is 14.6. The molecule has 0 bridgehead atoms. The Labute approximate surface area is 121 Å². The van der Waals surface area contributed by atoms with Crippen LogP contribution in [0.1, 0.15) is 39.4 Å². The van der Waals surface area contributed by atoms with Gasteiger partial charge in [-0.1, -0.05) is 20.8 Å². The van der Waals surface area contributed by atoms with Crippen molar-refractivity contribution in [1.82, 2.24) is 9.97 Å². The first-order valence-electron chi connectivity index (χ1n) is 7.38. The highest BCUT2D eigenvalue weighted by atomic mass is 16.5. The molecular formula is C15H26N4O. The van der Waals surface area contributed by atoms with Crippen LogP contribution >= 0.6 is 0 Å². The molecule has 1 saturated heterocycles. The average Bonchev–Trinajstić information content (AvgIpc) is 2.45. The number of hydrogen-bond donors (Lipinski definition) is 2. The minimum atomic E-state index is -0.0536. The van der Waals surface area contributed by atoms with Gasteiger partial charge in [0.05, 0.1) is 0 Å². The maximum absolute atomic E-state index is 5.39. The number of nitrogens with zero attached hydrogens (tertiary/aromatic N) is 2. The summed E-state index contributed by atoms with van der Waals surface area (Å²) < 4.78 is 5.39. The summed E-state index contributed by atoms with van der Waals surface area (Å²) >= 11 is 0. The van der Waals surface area contributed by atoms with Crippen LogP contribution in [0.2, 0.25) is 0 Å². The number of rotatable bonds is 4. The third-order valence-electron chi connectivity index (χ3n) is 3.57. The molecule has 1 aromatic heterocycles. The molecule has 0 amide bonds. The number of nitrogens with one attached hydrogen (secondary N) is 2. The van der Waals surface area contributed by atoms with Gasteiger partial charge in [-0.25, -0.2) is 9.97 Å². The highest BCUT2D eigenvalue weighted by Crippen LogP contribution is 2.23. The van der Waals surface area contributed by atoms with Gasteiger partial charge in [-0.3, -0.25) is 0 Å². The standard InChI is InChI=1S/C15H26N4O/c1-15(2,3)14-18-12(16-4)9-13(19-14)17-10-11-5-7-20-8-6-11/h9,11H,5-8,10H2,1-4H3,(H2,16,17,18,19). The molecule has 20 heavy (non-hydrogen) atoms. The van der Waals surface area contributed by atoms with E-state index in [-0.39, 0.29) is 5.41 Å². The molecule has 1 aliphatic heterocycles. The van der Waals surface area contributed by atoms with E-state index in [4.69, 9.17) is 4.74 Å². The fourth-order valence-corrected chi connectivity index (χ4v) is 2.20. The zero-order valence-corrected chi connectivity index (χ0v) is 13.0. The van der Waals surface area contributed by atoms with E-state index in [1.807, 2.05) is 13.1 Å². The Morgan fingerprint density at radius 3 is 2.45 bits per heavy atom. The van der Waals surface area contributed by atoms with Crippen LogP contribution in [0.5, 0.6) is 0 Å². The molecule has 0 radical (unpaired) electrons. The molecule has 0 spiro atoms. The first-order valence-corrected chi connectivity index (χ1v) is 7.38. The molecular weight excluding hydrogens is 252 g/mol. The molecule has 0 unspecified atom stereocenters. The van der Waals surface area contributed by atoms with E-state index in [9.17, 15) is 0 Å². The van der Waals surface area contributed by atoms with Gasteiger partial charge in [0, 0.05) is 38.3 Å². The van der Waals surface area contributed by atoms with E-state index < -0.39 is 0 Å². The molecule has 1 fully saturated rings. The maximum atomic E-state index is 5.39. The molecule has 0 atom stereocenters. The third kappa shape index (κ3) is 4.07. The normalized spacial score (nSPS) is 17.0. The second-order valence-electron chi connectivity index (χ2n) is 6.40. The number of aromatic nitrogens is 2. The summed E-state index contributed by atoms with van der Waals surface area (Å²) in [6, 6.07) is 1.97. The van der Waals surface area contributed by atoms with Crippen molar-refractivity contribution in [2.45, 2.75) is 39.0 Å². The monoisotopic (exact) mass is 278 g/mol. The number of anilines is 2. The number of hydrogen-bond acceptors (Lipinski definition) is 5. The summed E-state index contributed by atoms with van der Waals surface area (Å²) in [5.41, 5.74) is -0.0536. The molecule has 2 N–H and O–H groups in total. The molecule has 5 heteroatoms. The second-order valence-corrected chi connectivity index (χ2v) is 6.40. The molecule has 2 rings (SSSR count). The first kappa shape index (κ1) is 15.0. The minimum absolute atomic E-state index is 0.0536. The summed E-state index contributed by atoms with van der Waals surface area (Å²) in [5, 5.41) is 6.56. The van der Waals surface area contributed by atoms with Crippen molar-refractivity contribution in [3.05, 3.63) is 11.9 Å². The Balaban J connectivity index is 2.06. The lowest BCUT2D eigenvalue weighted by atomic mass is 9.96. The average molecular weight is 278 g/mol. The summed E-state index contributed by atoms with van der Waals surface area (Å²) in [6.45, 7) is 9.10. The molecule has 0 aromatic carbocycles. The van der Waals surface area contributed by atoms with E-state index >= 15 is 0 Å². The fourth-order valence-electron chi connectivity index (χ4n) is 2.20. The molecule has 1 aliphatic rings. The van der Waals surface area contributed by atoms with Gasteiger partial charge in [-0.05, 0) is 18.8 Å². The third-order valence-corrected chi connectivity index (χ3v) is 3.57. The van der Waals surface area contributed by atoms with Crippen LogP contribution in [-0.2, 0) is 10.2 Å². The summed E-state index contributed by atoms with van der Waals surface area (Å²) in [7, 11) is 1.89. The van der Waals surface area contributed by atoms with Gasteiger partial charge in [-0.15, -0.1) is 0 Å². The molecule has 0 aliphatic carbocycles. The van der Waals surface area contributed by atoms with Gasteiger partial charge >= 0.3 is 0 Å². The van der Waals surface area contributed by atoms with E-state index in [0.717, 1.165) is 50.1 Å². The molecule has 2 heterocycles. The first-order chi connectivity index (χ1) is 9.49. The Morgan fingerprint density at radius 2 is 1.85 bits per heavy atom. The van der Waals surface area contributed by atoms with Crippen LogP contribution in [0.4, 0.5) is 11.6 Å². The Morgan fingerprint density at radius 1 is 1.20 bits per heavy atom. The largest absolute Gasteiger partial charge is 0.381 e. The quantitative estimate of drug-likeness (QED) is 0.886. The van der Waals surface area contributed by atoms with Crippen LogP contribution < -0.4 is 10.6 Å². The van der Waals surface area contributed by atoms with E-state index in [1.165, 1.54) is 0 Å². The van der Waals surface area contributed by atoms with Gasteiger partial charge in [0.2, 0.25) is 0 Å². The Bertz CT molecular complexity index is 436. The lowest BCUT2D eigenvalue weighted by Crippen LogP contribution is -2.24. The number of ether oxygens (including phenoxy) is 1. The van der Waals surface area contributed by atoms with Gasteiger partial charge in [0.25, 0.3) is 0 Å². The van der Waals surface area contributed by atoms with Gasteiger partial charge in [0.1, 0.15) is 17.5 Å². The lowest BCUT2D eigenvalue weighted by Gasteiger charge is -2.23. The van der Waals surface area contributed by atoms with E-state index in [1.54, 1.807) is 0 Å². The van der Waals surface area contributed by atoms with Crippen molar-refractivity contribution >= 4 is 11.6 Å². The van der Waals surface area contributed by atoms with Crippen molar-refractivity contribution in [3.63, 3.8) is 0 Å². The van der Waals surface area contributed by atoms with Crippen LogP contribution in [0.3, 0.4) is 0 Å².